The highest BCUT2D eigenvalue weighted by molar-refractivity contribution is 5.69. The van der Waals surface area contributed by atoms with Gasteiger partial charge in [0.2, 0.25) is 0 Å². The number of ether oxygens (including phenoxy) is 2. The predicted molar refractivity (Wildman–Crippen MR) is 81.2 cm³/mol. The number of carbonyl (C=O) groups is 2. The molecule has 0 aromatic rings. The third-order valence-corrected chi connectivity index (χ3v) is 3.46. The predicted octanol–water partition coefficient (Wildman–Crippen LogP) is 3.41. The summed E-state index contributed by atoms with van der Waals surface area (Å²) >= 11 is 0. The lowest BCUT2D eigenvalue weighted by Gasteiger charge is -2.13. The van der Waals surface area contributed by atoms with Crippen LogP contribution in [0.4, 0.5) is 0 Å². The quantitative estimate of drug-likeness (QED) is 0.393. The van der Waals surface area contributed by atoms with Crippen molar-refractivity contribution in [1.29, 1.82) is 0 Å². The molecule has 1 N–H and O–H groups in total. The van der Waals surface area contributed by atoms with Crippen LogP contribution in [0.15, 0.2) is 0 Å². The normalized spacial score (nSPS) is 12.1. The van der Waals surface area contributed by atoms with E-state index < -0.39 is 5.97 Å². The average Bonchev–Trinajstić information content (AvgIpc) is 2.46. The Morgan fingerprint density at radius 1 is 1.00 bits per heavy atom. The molecule has 0 spiro atoms. The van der Waals surface area contributed by atoms with Crippen molar-refractivity contribution in [1.82, 2.24) is 0 Å². The summed E-state index contributed by atoms with van der Waals surface area (Å²) in [7, 11) is 0. The summed E-state index contributed by atoms with van der Waals surface area (Å²) < 4.78 is 10.2. The molecule has 0 aliphatic carbocycles. The van der Waals surface area contributed by atoms with E-state index in [-0.39, 0.29) is 19.0 Å². The largest absolute Gasteiger partial charge is 0.481 e. The van der Waals surface area contributed by atoms with Crippen molar-refractivity contribution in [2.24, 2.45) is 5.92 Å². The fourth-order valence-corrected chi connectivity index (χ4v) is 2.05. The summed E-state index contributed by atoms with van der Waals surface area (Å²) in [6, 6.07) is 0. The van der Waals surface area contributed by atoms with Crippen molar-refractivity contribution in [3.63, 3.8) is 0 Å². The fraction of sp³-hybridized carbons (Fsp3) is 0.875. The number of carboxylic acid groups (broad SMARTS) is 1. The van der Waals surface area contributed by atoms with Gasteiger partial charge in [0.25, 0.3) is 0 Å². The summed E-state index contributed by atoms with van der Waals surface area (Å²) in [5, 5.41) is 8.42. The Morgan fingerprint density at radius 2 is 1.76 bits per heavy atom. The van der Waals surface area contributed by atoms with Gasteiger partial charge in [-0.15, -0.1) is 0 Å². The van der Waals surface area contributed by atoms with Gasteiger partial charge < -0.3 is 14.6 Å². The fourth-order valence-electron chi connectivity index (χ4n) is 2.05. The first-order valence-corrected chi connectivity index (χ1v) is 8.05. The third-order valence-electron chi connectivity index (χ3n) is 3.46. The lowest BCUT2D eigenvalue weighted by atomic mass is 9.94. The molecule has 1 atom stereocenters. The number of hydrogen-bond acceptors (Lipinski definition) is 4. The Morgan fingerprint density at radius 3 is 2.38 bits per heavy atom. The third kappa shape index (κ3) is 13.6. The zero-order chi connectivity index (χ0) is 15.9. The molecule has 0 aliphatic rings. The summed E-state index contributed by atoms with van der Waals surface area (Å²) in [4.78, 5) is 21.8. The zero-order valence-corrected chi connectivity index (χ0v) is 13.4. The maximum atomic E-state index is 11.6. The highest BCUT2D eigenvalue weighted by atomic mass is 16.5. The van der Waals surface area contributed by atoms with E-state index in [4.69, 9.17) is 14.6 Å². The van der Waals surface area contributed by atoms with Gasteiger partial charge in [0.1, 0.15) is 0 Å². The number of esters is 1. The Bertz CT molecular complexity index is 278. The minimum atomic E-state index is -0.866. The first kappa shape index (κ1) is 19.9. The molecule has 0 aromatic heterocycles. The number of carboxylic acids is 1. The van der Waals surface area contributed by atoms with Crippen LogP contribution in [0.1, 0.15) is 65.2 Å². The molecule has 0 fully saturated rings. The number of aliphatic carboxylic acids is 1. The monoisotopic (exact) mass is 302 g/mol. The molecule has 5 heteroatoms. The van der Waals surface area contributed by atoms with E-state index in [0.717, 1.165) is 12.8 Å². The molecule has 5 nitrogen and oxygen atoms in total. The summed E-state index contributed by atoms with van der Waals surface area (Å²) in [6.45, 7) is 5.32. The summed E-state index contributed by atoms with van der Waals surface area (Å²) in [5.41, 5.74) is 0. The van der Waals surface area contributed by atoms with Crippen molar-refractivity contribution in [2.75, 3.05) is 19.8 Å². The molecule has 21 heavy (non-hydrogen) atoms. The van der Waals surface area contributed by atoms with Gasteiger partial charge in [-0.2, -0.15) is 0 Å². The Balaban J connectivity index is 3.46. The first-order valence-electron chi connectivity index (χ1n) is 8.05. The van der Waals surface area contributed by atoms with Crippen LogP contribution in [-0.2, 0) is 19.1 Å². The van der Waals surface area contributed by atoms with Crippen molar-refractivity contribution >= 4 is 11.9 Å². The topological polar surface area (TPSA) is 72.8 Å². The minimum absolute atomic E-state index is 0.00987. The van der Waals surface area contributed by atoms with E-state index in [1.165, 1.54) is 19.3 Å². The van der Waals surface area contributed by atoms with E-state index in [1.54, 1.807) is 0 Å². The lowest BCUT2D eigenvalue weighted by molar-refractivity contribution is -0.144. The molecular formula is C16H30O5. The first-order chi connectivity index (χ1) is 10.1. The standard InChI is InChI=1S/C16H30O5/c1-3-5-7-14(4-2)8-9-16(19)21-12-6-11-20-13-10-15(17)18/h14H,3-13H2,1-2H3,(H,17,18). The Kier molecular flexibility index (Phi) is 13.1. The Hall–Kier alpha value is -1.10. The zero-order valence-electron chi connectivity index (χ0n) is 13.4. The van der Waals surface area contributed by atoms with Crippen LogP contribution >= 0.6 is 0 Å². The van der Waals surface area contributed by atoms with Crippen LogP contribution in [0.5, 0.6) is 0 Å². The Labute approximate surface area is 128 Å². The molecule has 0 amide bonds. The van der Waals surface area contributed by atoms with Crippen LogP contribution in [0, 0.1) is 5.92 Å². The van der Waals surface area contributed by atoms with Crippen LogP contribution in [0.25, 0.3) is 0 Å². The molecule has 124 valence electrons. The molecule has 0 aromatic carbocycles. The van der Waals surface area contributed by atoms with Crippen molar-refractivity contribution in [3.8, 4) is 0 Å². The van der Waals surface area contributed by atoms with Gasteiger partial charge in [0.05, 0.1) is 19.6 Å². The van der Waals surface area contributed by atoms with Gasteiger partial charge in [-0.1, -0.05) is 39.5 Å². The van der Waals surface area contributed by atoms with E-state index in [9.17, 15) is 9.59 Å². The second kappa shape index (κ2) is 13.9. The van der Waals surface area contributed by atoms with Gasteiger partial charge in [0.15, 0.2) is 0 Å². The number of unbranched alkanes of at least 4 members (excludes halogenated alkanes) is 1. The molecule has 1 unspecified atom stereocenters. The number of carbonyl (C=O) groups excluding carboxylic acids is 1. The molecule has 0 heterocycles. The summed E-state index contributed by atoms with van der Waals surface area (Å²) in [5.74, 6) is -0.387. The molecule has 0 aliphatic heterocycles. The van der Waals surface area contributed by atoms with Crippen LogP contribution in [0.3, 0.4) is 0 Å². The second-order valence-electron chi connectivity index (χ2n) is 5.29. The maximum absolute atomic E-state index is 11.6. The van der Waals surface area contributed by atoms with E-state index in [1.807, 2.05) is 0 Å². The van der Waals surface area contributed by atoms with Crippen molar-refractivity contribution in [2.45, 2.75) is 65.2 Å². The average molecular weight is 302 g/mol. The highest BCUT2D eigenvalue weighted by Gasteiger charge is 2.10. The van der Waals surface area contributed by atoms with Crippen LogP contribution in [-0.4, -0.2) is 36.9 Å². The van der Waals surface area contributed by atoms with Gasteiger partial charge in [0, 0.05) is 19.4 Å². The maximum Gasteiger partial charge on any atom is 0.305 e. The van der Waals surface area contributed by atoms with Crippen LogP contribution < -0.4 is 0 Å². The molecule has 0 radical (unpaired) electrons. The molecule has 0 saturated heterocycles. The molecule has 0 bridgehead atoms. The SMILES string of the molecule is CCCCC(CC)CCC(=O)OCCCOCCC(=O)O. The molecule has 0 saturated carbocycles. The van der Waals surface area contributed by atoms with E-state index in [0.29, 0.717) is 32.0 Å². The van der Waals surface area contributed by atoms with Gasteiger partial charge in [-0.05, 0) is 12.3 Å². The van der Waals surface area contributed by atoms with E-state index >= 15 is 0 Å². The molecule has 0 rings (SSSR count). The van der Waals surface area contributed by atoms with E-state index in [2.05, 4.69) is 13.8 Å². The van der Waals surface area contributed by atoms with Gasteiger partial charge >= 0.3 is 11.9 Å². The van der Waals surface area contributed by atoms with Gasteiger partial charge in [-0.3, -0.25) is 9.59 Å². The minimum Gasteiger partial charge on any atom is -0.481 e. The smallest absolute Gasteiger partial charge is 0.305 e. The van der Waals surface area contributed by atoms with Gasteiger partial charge in [-0.25, -0.2) is 0 Å². The summed E-state index contributed by atoms with van der Waals surface area (Å²) in [6.07, 6.45) is 6.74. The number of hydrogen-bond donors (Lipinski definition) is 1. The van der Waals surface area contributed by atoms with Crippen molar-refractivity contribution in [3.05, 3.63) is 0 Å². The van der Waals surface area contributed by atoms with Crippen LogP contribution in [0.2, 0.25) is 0 Å². The highest BCUT2D eigenvalue weighted by Crippen LogP contribution is 2.18. The van der Waals surface area contributed by atoms with Crippen molar-refractivity contribution < 1.29 is 24.2 Å². The molecular weight excluding hydrogens is 272 g/mol. The lowest BCUT2D eigenvalue weighted by Crippen LogP contribution is -2.11. The number of rotatable bonds is 14. The second-order valence-corrected chi connectivity index (χ2v) is 5.29.